The molecule has 1 aromatic carbocycles. The van der Waals surface area contributed by atoms with Gasteiger partial charge in [0.05, 0.1) is 20.3 Å². The zero-order chi connectivity index (χ0) is 17.9. The highest BCUT2D eigenvalue weighted by Gasteiger charge is 2.47. The van der Waals surface area contributed by atoms with Crippen molar-refractivity contribution >= 4 is 11.6 Å². The number of hydrogen-bond donors (Lipinski definition) is 1. The molecule has 1 N–H and O–H groups in total. The Morgan fingerprint density at radius 2 is 2.32 bits per heavy atom. The zero-order valence-corrected chi connectivity index (χ0v) is 15.4. The number of ether oxygens (including phenoxy) is 3. The van der Waals surface area contributed by atoms with Crippen LogP contribution in [-0.2, 0) is 11.3 Å². The van der Waals surface area contributed by atoms with E-state index < -0.39 is 0 Å². The first-order valence-electron chi connectivity index (χ1n) is 8.63. The first kappa shape index (κ1) is 18.5. The molecular formula is C19H26ClNO4. The summed E-state index contributed by atoms with van der Waals surface area (Å²) in [5.74, 6) is 1.66. The van der Waals surface area contributed by atoms with E-state index >= 15 is 0 Å². The summed E-state index contributed by atoms with van der Waals surface area (Å²) >= 11 is 6.48. The van der Waals surface area contributed by atoms with Crippen molar-refractivity contribution in [3.05, 3.63) is 35.4 Å². The summed E-state index contributed by atoms with van der Waals surface area (Å²) in [5.41, 5.74) is 0.957. The second-order valence-electron chi connectivity index (χ2n) is 6.91. The fraction of sp³-hybridized carbons (Fsp3) is 0.579. The average molecular weight is 368 g/mol. The fourth-order valence-electron chi connectivity index (χ4n) is 3.90. The van der Waals surface area contributed by atoms with E-state index in [4.69, 9.17) is 25.8 Å². The lowest BCUT2D eigenvalue weighted by Crippen LogP contribution is -2.41. The third-order valence-corrected chi connectivity index (χ3v) is 5.70. The largest absolute Gasteiger partial charge is 0.493 e. The van der Waals surface area contributed by atoms with E-state index in [2.05, 4.69) is 11.5 Å². The zero-order valence-electron chi connectivity index (χ0n) is 14.7. The van der Waals surface area contributed by atoms with E-state index in [-0.39, 0.29) is 12.0 Å². The van der Waals surface area contributed by atoms with Crippen molar-refractivity contribution < 1.29 is 19.3 Å². The van der Waals surface area contributed by atoms with Gasteiger partial charge >= 0.3 is 0 Å². The van der Waals surface area contributed by atoms with Gasteiger partial charge in [0.25, 0.3) is 0 Å². The minimum absolute atomic E-state index is 0.0399. The van der Waals surface area contributed by atoms with Gasteiger partial charge in [-0.05, 0) is 18.1 Å². The maximum atomic E-state index is 9.94. The number of rotatable bonds is 7. The topological polar surface area (TPSA) is 51.2 Å². The molecule has 2 fully saturated rings. The number of benzene rings is 1. The van der Waals surface area contributed by atoms with Crippen LogP contribution in [-0.4, -0.2) is 56.6 Å². The van der Waals surface area contributed by atoms with Crippen molar-refractivity contribution in [1.82, 2.24) is 4.90 Å². The number of aliphatic hydroxyl groups excluding tert-OH is 1. The molecule has 0 saturated carbocycles. The van der Waals surface area contributed by atoms with Crippen molar-refractivity contribution in [3.63, 3.8) is 0 Å². The number of likely N-dealkylation sites (tertiary alicyclic amines) is 1. The Bertz CT molecular complexity index is 624. The van der Waals surface area contributed by atoms with E-state index in [0.717, 1.165) is 44.8 Å². The third kappa shape index (κ3) is 3.80. The van der Waals surface area contributed by atoms with Crippen LogP contribution < -0.4 is 9.47 Å². The van der Waals surface area contributed by atoms with Gasteiger partial charge in [0.1, 0.15) is 6.61 Å². The first-order chi connectivity index (χ1) is 12.1. The van der Waals surface area contributed by atoms with E-state index in [1.165, 1.54) is 0 Å². The van der Waals surface area contributed by atoms with Crippen LogP contribution in [0.4, 0.5) is 0 Å². The van der Waals surface area contributed by atoms with Gasteiger partial charge in [-0.3, -0.25) is 4.90 Å². The lowest BCUT2D eigenvalue weighted by molar-refractivity contribution is -0.0417. The highest BCUT2D eigenvalue weighted by atomic mass is 35.5. The molecule has 3 rings (SSSR count). The third-order valence-electron chi connectivity index (χ3n) is 5.34. The van der Waals surface area contributed by atoms with Gasteiger partial charge in [0.15, 0.2) is 11.5 Å². The lowest BCUT2D eigenvalue weighted by atomic mass is 9.75. The van der Waals surface area contributed by atoms with Crippen molar-refractivity contribution in [3.8, 4) is 11.5 Å². The molecule has 0 bridgehead atoms. The van der Waals surface area contributed by atoms with Gasteiger partial charge in [-0.1, -0.05) is 24.3 Å². The number of fused-ring (bicyclic) bond motifs is 1. The molecule has 0 aromatic heterocycles. The normalized spacial score (nSPS) is 26.3. The highest BCUT2D eigenvalue weighted by molar-refractivity contribution is 6.31. The minimum atomic E-state index is -0.0399. The molecule has 0 spiro atoms. The predicted molar refractivity (Wildman–Crippen MR) is 97.4 cm³/mol. The number of hydrogen-bond acceptors (Lipinski definition) is 5. The van der Waals surface area contributed by atoms with Crippen LogP contribution in [0.1, 0.15) is 12.0 Å². The van der Waals surface area contributed by atoms with Crippen LogP contribution in [0.2, 0.25) is 5.02 Å². The van der Waals surface area contributed by atoms with Crippen molar-refractivity contribution in [2.45, 2.75) is 13.0 Å². The Morgan fingerprint density at radius 3 is 3.00 bits per heavy atom. The molecule has 0 unspecified atom stereocenters. The van der Waals surface area contributed by atoms with Crippen molar-refractivity contribution in [2.75, 3.05) is 46.6 Å². The second kappa shape index (κ2) is 7.96. The lowest BCUT2D eigenvalue weighted by Gasteiger charge is -2.36. The monoisotopic (exact) mass is 367 g/mol. The van der Waals surface area contributed by atoms with Crippen LogP contribution in [0.5, 0.6) is 11.5 Å². The van der Waals surface area contributed by atoms with Gasteiger partial charge in [-0.2, -0.15) is 0 Å². The van der Waals surface area contributed by atoms with Gasteiger partial charge < -0.3 is 19.3 Å². The summed E-state index contributed by atoms with van der Waals surface area (Å²) in [6.07, 6.45) is 2.60. The van der Waals surface area contributed by atoms with E-state index in [1.54, 1.807) is 19.3 Å². The maximum absolute atomic E-state index is 9.94. The summed E-state index contributed by atoms with van der Waals surface area (Å²) in [5, 5.41) is 10.6. The van der Waals surface area contributed by atoms with E-state index in [0.29, 0.717) is 29.0 Å². The molecule has 2 aliphatic rings. The summed E-state index contributed by atoms with van der Waals surface area (Å²) in [6.45, 7) is 8.22. The molecular weight excluding hydrogens is 342 g/mol. The molecule has 2 heterocycles. The van der Waals surface area contributed by atoms with Crippen LogP contribution >= 0.6 is 11.6 Å². The minimum Gasteiger partial charge on any atom is -0.493 e. The second-order valence-corrected chi connectivity index (χ2v) is 7.31. The van der Waals surface area contributed by atoms with Gasteiger partial charge in [-0.25, -0.2) is 0 Å². The number of aliphatic hydroxyl groups is 1. The van der Waals surface area contributed by atoms with Crippen molar-refractivity contribution in [1.29, 1.82) is 0 Å². The van der Waals surface area contributed by atoms with Crippen LogP contribution in [0.15, 0.2) is 24.8 Å². The SMILES string of the molecule is C=CCOc1cc(Cl)c(CN2C[C@@H]3COCC[C@]3(CO)C2)cc1OC. The average Bonchev–Trinajstić information content (AvgIpc) is 3.00. The quantitative estimate of drug-likeness (QED) is 0.751. The summed E-state index contributed by atoms with van der Waals surface area (Å²) in [4.78, 5) is 2.35. The Hall–Kier alpha value is -1.27. The Morgan fingerprint density at radius 1 is 1.48 bits per heavy atom. The van der Waals surface area contributed by atoms with E-state index in [1.807, 2.05) is 6.07 Å². The molecule has 2 atom stereocenters. The smallest absolute Gasteiger partial charge is 0.163 e. The van der Waals surface area contributed by atoms with Crippen LogP contribution in [0.25, 0.3) is 0 Å². The van der Waals surface area contributed by atoms with Gasteiger partial charge in [0.2, 0.25) is 0 Å². The summed E-state index contributed by atoms with van der Waals surface area (Å²) in [7, 11) is 1.62. The number of methoxy groups -OCH3 is 1. The summed E-state index contributed by atoms with van der Waals surface area (Å²) in [6, 6.07) is 3.73. The molecule has 6 heteroatoms. The Labute approximate surface area is 154 Å². The highest BCUT2D eigenvalue weighted by Crippen LogP contribution is 2.43. The molecule has 2 aliphatic heterocycles. The van der Waals surface area contributed by atoms with Gasteiger partial charge in [0, 0.05) is 48.7 Å². The first-order valence-corrected chi connectivity index (χ1v) is 9.00. The fourth-order valence-corrected chi connectivity index (χ4v) is 4.11. The maximum Gasteiger partial charge on any atom is 0.163 e. The van der Waals surface area contributed by atoms with Crippen LogP contribution in [0, 0.1) is 11.3 Å². The molecule has 138 valence electrons. The summed E-state index contributed by atoms with van der Waals surface area (Å²) < 4.78 is 16.7. The predicted octanol–water partition coefficient (Wildman–Crippen LogP) is 2.74. The molecule has 1 aromatic rings. The molecule has 0 aliphatic carbocycles. The standard InChI is InChI=1S/C19H26ClNO4/c1-3-5-25-18-8-16(20)14(7-17(18)23-2)9-21-10-15-11-24-6-4-19(15,12-21)13-22/h3,7-8,15,22H,1,4-6,9-13H2,2H3/t15-,19-/m1/s1. The Balaban J connectivity index is 1.75. The van der Waals surface area contributed by atoms with Crippen LogP contribution in [0.3, 0.4) is 0 Å². The van der Waals surface area contributed by atoms with Crippen molar-refractivity contribution in [2.24, 2.45) is 11.3 Å². The van der Waals surface area contributed by atoms with E-state index in [9.17, 15) is 5.11 Å². The Kier molecular flexibility index (Phi) is 5.89. The molecule has 5 nitrogen and oxygen atoms in total. The van der Waals surface area contributed by atoms with Gasteiger partial charge in [-0.15, -0.1) is 0 Å². The number of halogens is 1. The molecule has 2 saturated heterocycles. The molecule has 25 heavy (non-hydrogen) atoms. The number of nitrogens with zero attached hydrogens (tertiary/aromatic N) is 1. The molecule has 0 radical (unpaired) electrons. The molecule has 0 amide bonds.